The van der Waals surface area contributed by atoms with Crippen LogP contribution in [0.15, 0.2) is 53.5 Å². The van der Waals surface area contributed by atoms with E-state index in [4.69, 9.17) is 14.6 Å². The number of aliphatic imine (C=N–C) groups is 1. The van der Waals surface area contributed by atoms with Crippen LogP contribution < -0.4 is 15.4 Å². The molecule has 0 aliphatic heterocycles. The summed E-state index contributed by atoms with van der Waals surface area (Å²) >= 11 is 0. The van der Waals surface area contributed by atoms with Gasteiger partial charge >= 0.3 is 0 Å². The number of nitrogens with one attached hydrogen (secondary N) is 2. The summed E-state index contributed by atoms with van der Waals surface area (Å²) < 4.78 is 13.1. The first-order valence-corrected chi connectivity index (χ1v) is 11.2. The van der Waals surface area contributed by atoms with E-state index in [1.807, 2.05) is 6.07 Å². The fourth-order valence-electron chi connectivity index (χ4n) is 3.65. The van der Waals surface area contributed by atoms with Crippen LogP contribution in [0.3, 0.4) is 0 Å². The smallest absolute Gasteiger partial charge is 0.191 e. The molecule has 0 fully saturated rings. The number of benzene rings is 2. The third-order valence-electron chi connectivity index (χ3n) is 5.58. The molecule has 0 amide bonds. The number of methoxy groups -OCH3 is 1. The van der Waals surface area contributed by atoms with Crippen LogP contribution in [0.1, 0.15) is 33.6 Å². The van der Waals surface area contributed by atoms with Gasteiger partial charge in [-0.2, -0.15) is 5.10 Å². The maximum Gasteiger partial charge on any atom is 0.191 e. The molecule has 2 N–H and O–H groups in total. The molecule has 8 heteroatoms. The number of hydrogen-bond donors (Lipinski definition) is 2. The molecular formula is C26H36IN5O2. The number of halogens is 1. The number of aromatic nitrogens is 2. The van der Waals surface area contributed by atoms with Gasteiger partial charge in [0.2, 0.25) is 0 Å². The Hall–Kier alpha value is -2.59. The lowest BCUT2D eigenvalue weighted by molar-refractivity contribution is 0.145. The fraction of sp³-hybridized carbons (Fsp3) is 0.385. The Morgan fingerprint density at radius 3 is 2.44 bits per heavy atom. The molecule has 0 atom stereocenters. The zero-order valence-corrected chi connectivity index (χ0v) is 23.1. The van der Waals surface area contributed by atoms with Gasteiger partial charge < -0.3 is 20.1 Å². The lowest BCUT2D eigenvalue weighted by Crippen LogP contribution is -2.36. The molecular weight excluding hydrogens is 541 g/mol. The highest BCUT2D eigenvalue weighted by Crippen LogP contribution is 2.20. The molecule has 0 aliphatic rings. The predicted molar refractivity (Wildman–Crippen MR) is 148 cm³/mol. The molecule has 0 radical (unpaired) electrons. The van der Waals surface area contributed by atoms with Crippen molar-refractivity contribution in [3.63, 3.8) is 0 Å². The minimum atomic E-state index is 0. The predicted octanol–water partition coefficient (Wildman–Crippen LogP) is 4.37. The van der Waals surface area contributed by atoms with Crippen molar-refractivity contribution in [2.75, 3.05) is 27.4 Å². The normalized spacial score (nSPS) is 11.1. The topological polar surface area (TPSA) is 72.7 Å². The zero-order chi connectivity index (χ0) is 23.6. The van der Waals surface area contributed by atoms with Crippen LogP contribution in [-0.4, -0.2) is 43.1 Å². The van der Waals surface area contributed by atoms with Gasteiger partial charge in [0, 0.05) is 44.1 Å². The van der Waals surface area contributed by atoms with E-state index in [0.717, 1.165) is 40.8 Å². The summed E-state index contributed by atoms with van der Waals surface area (Å²) in [6.45, 7) is 9.32. The Morgan fingerprint density at radius 2 is 1.74 bits per heavy atom. The fourth-order valence-corrected chi connectivity index (χ4v) is 3.65. The van der Waals surface area contributed by atoms with Crippen molar-refractivity contribution >= 4 is 29.9 Å². The Labute approximate surface area is 220 Å². The molecule has 1 heterocycles. The summed E-state index contributed by atoms with van der Waals surface area (Å²) in [6.07, 6.45) is 0. The molecule has 3 rings (SSSR count). The van der Waals surface area contributed by atoms with Crippen molar-refractivity contribution in [1.82, 2.24) is 20.4 Å². The Bertz CT molecular complexity index is 1070. The minimum absolute atomic E-state index is 0. The minimum Gasteiger partial charge on any atom is -0.491 e. The number of nitrogens with zero attached hydrogens (tertiary/aromatic N) is 3. The molecule has 2 aromatic carbocycles. The maximum atomic E-state index is 5.90. The summed E-state index contributed by atoms with van der Waals surface area (Å²) in [4.78, 5) is 4.38. The first kappa shape index (κ1) is 27.7. The van der Waals surface area contributed by atoms with Gasteiger partial charge in [-0.1, -0.05) is 42.5 Å². The van der Waals surface area contributed by atoms with Crippen LogP contribution in [0.25, 0.3) is 0 Å². The molecule has 34 heavy (non-hydrogen) atoms. The molecule has 184 valence electrons. The molecule has 3 aromatic rings. The van der Waals surface area contributed by atoms with Crippen molar-refractivity contribution in [1.29, 1.82) is 0 Å². The molecule has 0 bridgehead atoms. The highest BCUT2D eigenvalue weighted by atomic mass is 127. The number of aryl methyl sites for hydroxylation is 2. The number of ether oxygens (including phenoxy) is 2. The Balaban J connectivity index is 0.00000408. The summed E-state index contributed by atoms with van der Waals surface area (Å²) in [7, 11) is 3.45. The second-order valence-electron chi connectivity index (χ2n) is 8.02. The SMILES string of the molecule is CN=C(NCc1ccc(C)cc1OCCOC)NCc1c(C)nn(Cc2ccccc2)c1C.I. The molecule has 1 aromatic heterocycles. The van der Waals surface area contributed by atoms with E-state index in [1.165, 1.54) is 11.1 Å². The Morgan fingerprint density at radius 1 is 1.00 bits per heavy atom. The van der Waals surface area contributed by atoms with Crippen LogP contribution in [0.4, 0.5) is 0 Å². The standard InChI is InChI=1S/C26H35N5O2.HI/c1-19-11-12-23(25(15-19)33-14-13-32-5)16-28-26(27-4)29-17-24-20(2)30-31(21(24)3)18-22-9-7-6-8-10-22;/h6-12,15H,13-14,16-18H2,1-5H3,(H2,27,28,29);1H. The lowest BCUT2D eigenvalue weighted by Gasteiger charge is -2.15. The monoisotopic (exact) mass is 577 g/mol. The summed E-state index contributed by atoms with van der Waals surface area (Å²) in [5.74, 6) is 1.59. The summed E-state index contributed by atoms with van der Waals surface area (Å²) in [6, 6.07) is 16.6. The largest absolute Gasteiger partial charge is 0.491 e. The quantitative estimate of drug-likeness (QED) is 0.162. The van der Waals surface area contributed by atoms with E-state index in [1.54, 1.807) is 14.2 Å². The molecule has 0 spiro atoms. The van der Waals surface area contributed by atoms with Crippen LogP contribution in [0, 0.1) is 20.8 Å². The lowest BCUT2D eigenvalue weighted by atomic mass is 10.1. The van der Waals surface area contributed by atoms with Crippen molar-refractivity contribution in [3.8, 4) is 5.75 Å². The molecule has 0 aliphatic carbocycles. The first-order chi connectivity index (χ1) is 16.0. The van der Waals surface area contributed by atoms with Crippen molar-refractivity contribution in [2.24, 2.45) is 4.99 Å². The second-order valence-corrected chi connectivity index (χ2v) is 8.02. The van der Waals surface area contributed by atoms with Gasteiger partial charge in [0.1, 0.15) is 12.4 Å². The number of guanidine groups is 1. The molecule has 0 saturated carbocycles. The van der Waals surface area contributed by atoms with E-state index in [-0.39, 0.29) is 24.0 Å². The van der Waals surface area contributed by atoms with E-state index in [0.29, 0.717) is 26.3 Å². The van der Waals surface area contributed by atoms with Gasteiger partial charge in [-0.15, -0.1) is 24.0 Å². The number of rotatable bonds is 10. The summed E-state index contributed by atoms with van der Waals surface area (Å²) in [5.41, 5.74) is 6.84. The van der Waals surface area contributed by atoms with Gasteiger partial charge in [-0.25, -0.2) is 0 Å². The average Bonchev–Trinajstić information content (AvgIpc) is 3.08. The molecule has 0 unspecified atom stereocenters. The first-order valence-electron chi connectivity index (χ1n) is 11.2. The zero-order valence-electron chi connectivity index (χ0n) is 20.7. The van der Waals surface area contributed by atoms with Crippen molar-refractivity contribution < 1.29 is 9.47 Å². The highest BCUT2D eigenvalue weighted by Gasteiger charge is 2.13. The third kappa shape index (κ3) is 7.73. The van der Waals surface area contributed by atoms with Crippen LogP contribution in [0.5, 0.6) is 5.75 Å². The third-order valence-corrected chi connectivity index (χ3v) is 5.58. The highest BCUT2D eigenvalue weighted by molar-refractivity contribution is 14.0. The van der Waals surface area contributed by atoms with E-state index in [2.05, 4.69) is 83.5 Å². The van der Waals surface area contributed by atoms with Gasteiger partial charge in [-0.3, -0.25) is 9.67 Å². The Kier molecular flexibility index (Phi) is 11.4. The van der Waals surface area contributed by atoms with Crippen LogP contribution >= 0.6 is 24.0 Å². The van der Waals surface area contributed by atoms with Crippen LogP contribution in [-0.2, 0) is 24.4 Å². The van der Waals surface area contributed by atoms with Gasteiger partial charge in [0.15, 0.2) is 5.96 Å². The van der Waals surface area contributed by atoms with Crippen molar-refractivity contribution in [2.45, 2.75) is 40.4 Å². The van der Waals surface area contributed by atoms with Gasteiger partial charge in [0.25, 0.3) is 0 Å². The van der Waals surface area contributed by atoms with Crippen LogP contribution in [0.2, 0.25) is 0 Å². The maximum absolute atomic E-state index is 5.90. The van der Waals surface area contributed by atoms with E-state index < -0.39 is 0 Å². The van der Waals surface area contributed by atoms with E-state index in [9.17, 15) is 0 Å². The average molecular weight is 578 g/mol. The van der Waals surface area contributed by atoms with Gasteiger partial charge in [-0.05, 0) is 38.0 Å². The van der Waals surface area contributed by atoms with E-state index >= 15 is 0 Å². The molecule has 0 saturated heterocycles. The molecule has 7 nitrogen and oxygen atoms in total. The van der Waals surface area contributed by atoms with Crippen molar-refractivity contribution in [3.05, 3.63) is 82.2 Å². The van der Waals surface area contributed by atoms with Gasteiger partial charge in [0.05, 0.1) is 18.8 Å². The number of hydrogen-bond acceptors (Lipinski definition) is 4. The second kappa shape index (κ2) is 14.0. The summed E-state index contributed by atoms with van der Waals surface area (Å²) in [5, 5.41) is 11.6.